The molecule has 45 heavy (non-hydrogen) atoms. The maximum absolute atomic E-state index is 12.6. The lowest BCUT2D eigenvalue weighted by Crippen LogP contribution is -2.31. The number of aliphatic hydroxyl groups is 1. The van der Waals surface area contributed by atoms with Crippen molar-refractivity contribution in [2.75, 3.05) is 67.1 Å². The van der Waals surface area contributed by atoms with Gasteiger partial charge in [-0.25, -0.2) is 25.3 Å². The quantitative estimate of drug-likeness (QED) is 0.247. The van der Waals surface area contributed by atoms with E-state index in [0.717, 1.165) is 21.1 Å². The van der Waals surface area contributed by atoms with Crippen LogP contribution in [0.4, 0.5) is 0 Å². The molecule has 0 atom stereocenters. The van der Waals surface area contributed by atoms with Crippen LogP contribution >= 0.6 is 10.7 Å². The zero-order valence-corrected chi connectivity index (χ0v) is 31.0. The van der Waals surface area contributed by atoms with Crippen molar-refractivity contribution < 1.29 is 52.4 Å². The molecule has 0 aliphatic carbocycles. The van der Waals surface area contributed by atoms with Gasteiger partial charge in [0.25, 0.3) is 10.1 Å². The van der Waals surface area contributed by atoms with Crippen molar-refractivity contribution >= 4 is 49.9 Å². The molecular weight excluding hydrogens is 696 g/mol. The number of sulfonamides is 2. The highest BCUT2D eigenvalue weighted by Gasteiger charge is 2.26. The summed E-state index contributed by atoms with van der Waals surface area (Å²) in [5.41, 5.74) is 2.40. The molecule has 14 nitrogen and oxygen atoms in total. The van der Waals surface area contributed by atoms with Gasteiger partial charge in [-0.05, 0) is 74.2 Å². The van der Waals surface area contributed by atoms with Gasteiger partial charge in [-0.3, -0.25) is 4.18 Å². The number of likely N-dealkylation sites (N-methyl/N-ethyl adjacent to an activating group) is 2. The molecule has 260 valence electrons. The monoisotopic (exact) mass is 738 g/mol. The van der Waals surface area contributed by atoms with E-state index < -0.39 is 39.2 Å². The van der Waals surface area contributed by atoms with Crippen molar-refractivity contribution in [1.82, 2.24) is 8.61 Å². The second kappa shape index (κ2) is 17.8. The molecule has 0 radical (unpaired) electrons. The average molecular weight is 739 g/mol. The topological polar surface area (TPSA) is 191 Å². The molecule has 2 rings (SSSR count). The Morgan fingerprint density at radius 3 is 1.20 bits per heavy atom. The molecule has 0 saturated heterocycles. The van der Waals surface area contributed by atoms with Crippen molar-refractivity contribution in [3.05, 3.63) is 46.5 Å². The van der Waals surface area contributed by atoms with Crippen LogP contribution in [-0.4, -0.2) is 115 Å². The van der Waals surface area contributed by atoms with Gasteiger partial charge in [0.2, 0.25) is 29.1 Å². The highest BCUT2D eigenvalue weighted by Crippen LogP contribution is 2.28. The predicted octanol–water partition coefficient (Wildman–Crippen LogP) is 2.02. The fourth-order valence-corrected chi connectivity index (χ4v) is 7.38. The van der Waals surface area contributed by atoms with Crippen LogP contribution in [0.15, 0.2) is 34.1 Å². The normalized spacial score (nSPS) is 12.2. The Balaban J connectivity index is 0.000000758. The zero-order valence-electron chi connectivity index (χ0n) is 27.0. The van der Waals surface area contributed by atoms with Gasteiger partial charge in [0.15, 0.2) is 0 Å². The number of aliphatic hydroxyl groups excluding tert-OH is 1. The number of aryl methyl sites for hydroxylation is 4. The highest BCUT2D eigenvalue weighted by atomic mass is 35.7. The summed E-state index contributed by atoms with van der Waals surface area (Å²) in [7, 11) is -3.71. The molecule has 2 aromatic carbocycles. The van der Waals surface area contributed by atoms with E-state index in [1.807, 2.05) is 0 Å². The summed E-state index contributed by atoms with van der Waals surface area (Å²) in [5.74, 6) is 1.21. The number of halogens is 1. The van der Waals surface area contributed by atoms with Crippen molar-refractivity contribution in [2.45, 2.75) is 37.5 Å². The van der Waals surface area contributed by atoms with Crippen LogP contribution in [0.3, 0.4) is 0 Å². The third-order valence-corrected chi connectivity index (χ3v) is 10.7. The molecule has 0 spiro atoms. The molecule has 0 aliphatic rings. The first-order valence-corrected chi connectivity index (χ1v) is 20.3. The fourth-order valence-electron chi connectivity index (χ4n) is 3.88. The van der Waals surface area contributed by atoms with Gasteiger partial charge in [-0.2, -0.15) is 17.0 Å². The first kappa shape index (κ1) is 43.0. The first-order valence-electron chi connectivity index (χ1n) is 12.9. The largest absolute Gasteiger partial charge is 0.497 e. The Labute approximate surface area is 272 Å². The predicted molar refractivity (Wildman–Crippen MR) is 173 cm³/mol. The van der Waals surface area contributed by atoms with Crippen LogP contribution in [0.5, 0.6) is 11.5 Å². The second-order valence-electron chi connectivity index (χ2n) is 9.77. The Morgan fingerprint density at radius 1 is 0.667 bits per heavy atom. The number of methoxy groups -OCH3 is 2. The molecule has 19 heteroatoms. The Bertz CT molecular complexity index is 1670. The molecular formula is C26H43ClN2O12S4. The van der Waals surface area contributed by atoms with E-state index in [2.05, 4.69) is 14.9 Å². The Kier molecular flexibility index (Phi) is 17.0. The van der Waals surface area contributed by atoms with Crippen LogP contribution in [-0.2, 0) is 43.4 Å². The molecule has 0 unspecified atom stereocenters. The molecule has 0 aliphatic heterocycles. The van der Waals surface area contributed by atoms with Gasteiger partial charge < -0.3 is 14.6 Å². The van der Waals surface area contributed by atoms with Crippen LogP contribution in [0, 0.1) is 27.7 Å². The van der Waals surface area contributed by atoms with E-state index >= 15 is 0 Å². The molecule has 0 bridgehead atoms. The number of rotatable bonds is 12. The van der Waals surface area contributed by atoms with Crippen LogP contribution in [0.25, 0.3) is 0 Å². The SMILES string of the molecule is COc1cc(C)c(S(=O)(=O)N(C)CCO)c(C)c1.COc1cc(C)c(S(=O)(=O)N(C)CCOS(C)(=O)=O)c(C)c1.CS(=O)(=O)Cl. The summed E-state index contributed by atoms with van der Waals surface area (Å²) < 4.78 is 108. The molecule has 1 N–H and O–H groups in total. The molecule has 0 saturated carbocycles. The third-order valence-electron chi connectivity index (χ3n) is 5.79. The van der Waals surface area contributed by atoms with E-state index in [4.69, 9.17) is 14.6 Å². The molecule has 2 aromatic rings. The summed E-state index contributed by atoms with van der Waals surface area (Å²) in [5, 5.41) is 8.84. The zero-order chi connectivity index (χ0) is 35.6. The van der Waals surface area contributed by atoms with Crippen LogP contribution in [0.1, 0.15) is 22.3 Å². The van der Waals surface area contributed by atoms with Crippen molar-refractivity contribution in [3.8, 4) is 11.5 Å². The maximum Gasteiger partial charge on any atom is 0.264 e. The Hall–Kier alpha value is -2.03. The number of nitrogens with zero attached hydrogens (tertiary/aromatic N) is 2. The standard InChI is InChI=1S/C13H21NO6S2.C12H19NO4S.CH3ClO2S/c1-10-8-12(19-4)9-11(2)13(10)22(17,18)14(3)6-7-20-21(5,15)16;1-9-7-11(17-4)8-10(2)12(9)18(15,16)13(3)5-6-14;1-5(2,3)4/h8-9H,6-7H2,1-5H3;7-8,14H,5-6H2,1-4H3;1H3. The van der Waals surface area contributed by atoms with E-state index in [1.54, 1.807) is 59.1 Å². The lowest BCUT2D eigenvalue weighted by atomic mass is 10.1. The van der Waals surface area contributed by atoms with Crippen molar-refractivity contribution in [2.24, 2.45) is 0 Å². The van der Waals surface area contributed by atoms with E-state index in [9.17, 15) is 33.7 Å². The molecule has 0 amide bonds. The lowest BCUT2D eigenvalue weighted by Gasteiger charge is -2.20. The summed E-state index contributed by atoms with van der Waals surface area (Å²) in [6.45, 7) is 6.40. The minimum atomic E-state index is -3.74. The summed E-state index contributed by atoms with van der Waals surface area (Å²) in [6.07, 6.45) is 1.84. The van der Waals surface area contributed by atoms with E-state index in [1.165, 1.54) is 21.2 Å². The number of hydrogen-bond donors (Lipinski definition) is 1. The number of ether oxygens (including phenoxy) is 2. The molecule has 0 heterocycles. The van der Waals surface area contributed by atoms with Gasteiger partial charge >= 0.3 is 0 Å². The summed E-state index contributed by atoms with van der Waals surface area (Å²) >= 11 is 0. The van der Waals surface area contributed by atoms with Gasteiger partial charge in [0.1, 0.15) is 11.5 Å². The van der Waals surface area contributed by atoms with Crippen molar-refractivity contribution in [3.63, 3.8) is 0 Å². The van der Waals surface area contributed by atoms with Gasteiger partial charge in [-0.15, -0.1) is 0 Å². The first-order chi connectivity index (χ1) is 20.3. The van der Waals surface area contributed by atoms with Crippen LogP contribution in [0.2, 0.25) is 0 Å². The fraction of sp³-hybridized carbons (Fsp3) is 0.538. The summed E-state index contributed by atoms with van der Waals surface area (Å²) in [6, 6.07) is 6.65. The number of hydrogen-bond acceptors (Lipinski definition) is 12. The second-order valence-corrected chi connectivity index (χ2v) is 18.4. The minimum Gasteiger partial charge on any atom is -0.497 e. The Morgan fingerprint density at radius 2 is 0.956 bits per heavy atom. The van der Waals surface area contributed by atoms with E-state index in [-0.39, 0.29) is 36.1 Å². The molecule has 0 aromatic heterocycles. The van der Waals surface area contributed by atoms with Crippen molar-refractivity contribution in [1.29, 1.82) is 0 Å². The smallest absolute Gasteiger partial charge is 0.264 e. The summed E-state index contributed by atoms with van der Waals surface area (Å²) in [4.78, 5) is 0.467. The van der Waals surface area contributed by atoms with Gasteiger partial charge in [0.05, 0.1) is 49.7 Å². The van der Waals surface area contributed by atoms with E-state index in [0.29, 0.717) is 33.8 Å². The maximum atomic E-state index is 12.6. The minimum absolute atomic E-state index is 0.0691. The highest BCUT2D eigenvalue weighted by molar-refractivity contribution is 8.13. The lowest BCUT2D eigenvalue weighted by molar-refractivity contribution is 0.266. The average Bonchev–Trinajstić information content (AvgIpc) is 2.86. The number of benzene rings is 2. The van der Waals surface area contributed by atoms with Crippen LogP contribution < -0.4 is 9.47 Å². The van der Waals surface area contributed by atoms with Gasteiger partial charge in [0, 0.05) is 37.9 Å². The third kappa shape index (κ3) is 14.5. The molecule has 0 fully saturated rings. The van der Waals surface area contributed by atoms with Gasteiger partial charge in [-0.1, -0.05) is 0 Å².